The zero-order valence-corrected chi connectivity index (χ0v) is 14.7. The molecule has 1 heterocycles. The van der Waals surface area contributed by atoms with E-state index in [0.29, 0.717) is 6.54 Å². The molecule has 2 fully saturated rings. The number of aryl methyl sites for hydroxylation is 1. The number of carbonyl (C=O) groups excluding carboxylic acids is 3. The molecule has 1 aliphatic carbocycles. The van der Waals surface area contributed by atoms with Crippen molar-refractivity contribution in [1.29, 1.82) is 0 Å². The molecule has 1 aliphatic heterocycles. The lowest BCUT2D eigenvalue weighted by Crippen LogP contribution is -2.65. The third-order valence-electron chi connectivity index (χ3n) is 5.33. The molecule has 7 heteroatoms. The van der Waals surface area contributed by atoms with Gasteiger partial charge in [0.25, 0.3) is 0 Å². The van der Waals surface area contributed by atoms with Gasteiger partial charge < -0.3 is 15.3 Å². The van der Waals surface area contributed by atoms with Crippen LogP contribution in [0.3, 0.4) is 0 Å². The fourth-order valence-electron chi connectivity index (χ4n) is 3.73. The van der Waals surface area contributed by atoms with E-state index in [1.165, 1.54) is 0 Å². The van der Waals surface area contributed by atoms with Gasteiger partial charge in [-0.15, -0.1) is 0 Å². The maximum Gasteiger partial charge on any atom is 0.322 e. The number of carboxylic acid groups (broad SMARTS) is 1. The summed E-state index contributed by atoms with van der Waals surface area (Å²) in [6.45, 7) is 1.71. The molecule has 0 aromatic heterocycles. The number of benzene rings is 1. The van der Waals surface area contributed by atoms with Crippen molar-refractivity contribution in [3.05, 3.63) is 35.4 Å². The van der Waals surface area contributed by atoms with Crippen molar-refractivity contribution in [2.75, 3.05) is 6.54 Å². The van der Waals surface area contributed by atoms with Gasteiger partial charge in [0.1, 0.15) is 6.54 Å². The number of hydrogen-bond acceptors (Lipinski definition) is 4. The summed E-state index contributed by atoms with van der Waals surface area (Å²) in [6, 6.07) is 7.79. The molecule has 1 unspecified atom stereocenters. The van der Waals surface area contributed by atoms with Crippen molar-refractivity contribution in [1.82, 2.24) is 10.2 Å². The lowest BCUT2D eigenvalue weighted by molar-refractivity contribution is -0.164. The van der Waals surface area contributed by atoms with Crippen LogP contribution in [-0.4, -0.2) is 45.7 Å². The number of ketones is 1. The summed E-state index contributed by atoms with van der Waals surface area (Å²) in [5.74, 6) is -4.44. The van der Waals surface area contributed by atoms with Crippen LogP contribution in [0.1, 0.15) is 36.8 Å². The maximum atomic E-state index is 13.0. The summed E-state index contributed by atoms with van der Waals surface area (Å²) in [5.41, 5.74) is 1.55. The second-order valence-corrected chi connectivity index (χ2v) is 7.18. The lowest BCUT2D eigenvalue weighted by atomic mass is 9.67. The number of hydrogen-bond donors (Lipinski definition) is 2. The Morgan fingerprint density at radius 3 is 2.42 bits per heavy atom. The minimum Gasteiger partial charge on any atom is -0.480 e. The van der Waals surface area contributed by atoms with Crippen LogP contribution < -0.4 is 5.32 Å². The topological polar surface area (TPSA) is 104 Å². The molecule has 2 aliphatic rings. The molecule has 1 spiro atoms. The van der Waals surface area contributed by atoms with Gasteiger partial charge >= 0.3 is 5.97 Å². The molecule has 7 nitrogen and oxygen atoms in total. The standard InChI is InChI=1S/C19H22N2O5/c1-12-3-5-13(6-4-12)11-21-18(26)16(17(25)20-10-15(23)24)14(22)9-19(21)7-2-8-19/h3-6,16H,2,7-11H2,1H3,(H,20,25)(H,23,24). The number of aliphatic carboxylic acids is 1. The first-order valence-electron chi connectivity index (χ1n) is 8.72. The average Bonchev–Trinajstić information content (AvgIpc) is 2.55. The zero-order chi connectivity index (χ0) is 18.9. The van der Waals surface area contributed by atoms with Crippen LogP contribution >= 0.6 is 0 Å². The number of amides is 2. The van der Waals surface area contributed by atoms with E-state index in [0.717, 1.165) is 30.4 Å². The molecule has 1 aromatic rings. The number of piperidine rings is 1. The molecular formula is C19H22N2O5. The fraction of sp³-hybridized carbons (Fsp3) is 0.474. The van der Waals surface area contributed by atoms with Crippen molar-refractivity contribution >= 4 is 23.6 Å². The summed E-state index contributed by atoms with van der Waals surface area (Å²) >= 11 is 0. The summed E-state index contributed by atoms with van der Waals surface area (Å²) in [4.78, 5) is 50.0. The normalized spacial score (nSPS) is 21.4. The Balaban J connectivity index is 1.83. The first kappa shape index (κ1) is 18.1. The van der Waals surface area contributed by atoms with Crippen LogP contribution in [0, 0.1) is 12.8 Å². The highest BCUT2D eigenvalue weighted by Crippen LogP contribution is 2.45. The molecule has 0 bridgehead atoms. The monoisotopic (exact) mass is 358 g/mol. The van der Waals surface area contributed by atoms with Gasteiger partial charge in [-0.1, -0.05) is 29.8 Å². The van der Waals surface area contributed by atoms with Gasteiger partial charge in [0.05, 0.1) is 5.54 Å². The molecule has 3 rings (SSSR count). The number of nitrogens with one attached hydrogen (secondary N) is 1. The number of nitrogens with zero attached hydrogens (tertiary/aromatic N) is 1. The van der Waals surface area contributed by atoms with E-state index in [2.05, 4.69) is 5.32 Å². The third kappa shape index (κ3) is 3.34. The quantitative estimate of drug-likeness (QED) is 0.766. The predicted molar refractivity (Wildman–Crippen MR) is 92.1 cm³/mol. The van der Waals surface area contributed by atoms with Gasteiger partial charge in [-0.2, -0.15) is 0 Å². The molecule has 1 saturated carbocycles. The Labute approximate surface area is 151 Å². The number of carboxylic acids is 1. The second kappa shape index (κ2) is 6.90. The van der Waals surface area contributed by atoms with E-state index in [1.54, 1.807) is 4.90 Å². The average molecular weight is 358 g/mol. The molecule has 138 valence electrons. The van der Waals surface area contributed by atoms with Crippen LogP contribution in [0.5, 0.6) is 0 Å². The number of likely N-dealkylation sites (tertiary alicyclic amines) is 1. The minimum absolute atomic E-state index is 0.149. The number of Topliss-reactive ketones (excluding diaryl/α,β-unsaturated/α-hetero) is 1. The molecule has 26 heavy (non-hydrogen) atoms. The van der Waals surface area contributed by atoms with Crippen molar-refractivity contribution in [2.45, 2.75) is 44.7 Å². The summed E-state index contributed by atoms with van der Waals surface area (Å²) in [6.07, 6.45) is 2.59. The van der Waals surface area contributed by atoms with Crippen molar-refractivity contribution in [3.8, 4) is 0 Å². The summed E-state index contributed by atoms with van der Waals surface area (Å²) in [7, 11) is 0. The largest absolute Gasteiger partial charge is 0.480 e. The van der Waals surface area contributed by atoms with Crippen LogP contribution in [0.15, 0.2) is 24.3 Å². The van der Waals surface area contributed by atoms with Crippen LogP contribution in [0.2, 0.25) is 0 Å². The molecule has 1 atom stereocenters. The van der Waals surface area contributed by atoms with Crippen molar-refractivity contribution in [2.24, 2.45) is 5.92 Å². The van der Waals surface area contributed by atoms with E-state index in [4.69, 9.17) is 5.11 Å². The molecule has 2 amide bonds. The fourth-order valence-corrected chi connectivity index (χ4v) is 3.73. The Kier molecular flexibility index (Phi) is 4.80. The van der Waals surface area contributed by atoms with E-state index in [1.807, 2.05) is 31.2 Å². The van der Waals surface area contributed by atoms with E-state index in [-0.39, 0.29) is 6.42 Å². The Hall–Kier alpha value is -2.70. The van der Waals surface area contributed by atoms with Gasteiger partial charge in [0, 0.05) is 13.0 Å². The predicted octanol–water partition coefficient (Wildman–Crippen LogP) is 1.04. The number of rotatable bonds is 5. The summed E-state index contributed by atoms with van der Waals surface area (Å²) < 4.78 is 0. The van der Waals surface area contributed by atoms with Gasteiger partial charge in [-0.3, -0.25) is 19.2 Å². The SMILES string of the molecule is Cc1ccc(CN2C(=O)C(C(=O)NCC(=O)O)C(=O)CC23CCC3)cc1. The Morgan fingerprint density at radius 1 is 1.23 bits per heavy atom. The van der Waals surface area contributed by atoms with Gasteiger partial charge in [0.2, 0.25) is 11.8 Å². The molecule has 1 saturated heterocycles. The summed E-state index contributed by atoms with van der Waals surface area (Å²) in [5, 5.41) is 10.9. The molecule has 0 radical (unpaired) electrons. The highest BCUT2D eigenvalue weighted by molar-refractivity contribution is 6.20. The lowest BCUT2D eigenvalue weighted by Gasteiger charge is -2.53. The van der Waals surface area contributed by atoms with Crippen LogP contribution in [0.4, 0.5) is 0 Å². The highest BCUT2D eigenvalue weighted by Gasteiger charge is 2.55. The number of carbonyl (C=O) groups is 4. The molecule has 2 N–H and O–H groups in total. The molecule has 1 aromatic carbocycles. The van der Waals surface area contributed by atoms with Gasteiger partial charge in [-0.05, 0) is 31.7 Å². The van der Waals surface area contributed by atoms with Crippen LogP contribution in [0.25, 0.3) is 0 Å². The van der Waals surface area contributed by atoms with Gasteiger partial charge in [0.15, 0.2) is 11.7 Å². The smallest absolute Gasteiger partial charge is 0.322 e. The Morgan fingerprint density at radius 2 is 1.88 bits per heavy atom. The second-order valence-electron chi connectivity index (χ2n) is 7.18. The maximum absolute atomic E-state index is 13.0. The molecular weight excluding hydrogens is 336 g/mol. The minimum atomic E-state index is -1.45. The van der Waals surface area contributed by atoms with Crippen LogP contribution in [-0.2, 0) is 25.7 Å². The van der Waals surface area contributed by atoms with E-state index < -0.39 is 41.6 Å². The van der Waals surface area contributed by atoms with E-state index in [9.17, 15) is 19.2 Å². The highest BCUT2D eigenvalue weighted by atomic mass is 16.4. The van der Waals surface area contributed by atoms with Crippen molar-refractivity contribution < 1.29 is 24.3 Å². The first-order chi connectivity index (χ1) is 12.3. The Bertz CT molecular complexity index is 752. The first-order valence-corrected chi connectivity index (χ1v) is 8.72. The van der Waals surface area contributed by atoms with E-state index >= 15 is 0 Å². The zero-order valence-electron chi connectivity index (χ0n) is 14.7. The third-order valence-corrected chi connectivity index (χ3v) is 5.33. The van der Waals surface area contributed by atoms with Crippen molar-refractivity contribution in [3.63, 3.8) is 0 Å². The van der Waals surface area contributed by atoms with Gasteiger partial charge in [-0.25, -0.2) is 0 Å².